The number of aromatic nitrogens is 1. The minimum atomic E-state index is -0.119. The molecule has 8 nitrogen and oxygen atoms in total. The molecule has 4 rings (SSSR count). The maximum Gasteiger partial charge on any atom is 0.227 e. The first kappa shape index (κ1) is 27.2. The van der Waals surface area contributed by atoms with E-state index < -0.39 is 0 Å². The van der Waals surface area contributed by atoms with Crippen molar-refractivity contribution in [2.75, 3.05) is 26.2 Å². The second-order valence-corrected chi connectivity index (χ2v) is 7.98. The van der Waals surface area contributed by atoms with Gasteiger partial charge >= 0.3 is 0 Å². The molecule has 0 spiro atoms. The molecule has 0 saturated carbocycles. The summed E-state index contributed by atoms with van der Waals surface area (Å²) in [5.74, 6) is 2.30. The monoisotopic (exact) mass is 501 g/mol. The van der Waals surface area contributed by atoms with Crippen LogP contribution in [-0.4, -0.2) is 38.4 Å². The van der Waals surface area contributed by atoms with Gasteiger partial charge in [-0.25, -0.2) is 0 Å². The van der Waals surface area contributed by atoms with Crippen LogP contribution in [0.5, 0.6) is 23.0 Å². The van der Waals surface area contributed by atoms with Gasteiger partial charge in [-0.15, -0.1) is 0 Å². The quantitative estimate of drug-likeness (QED) is 0.317. The molecule has 0 unspecified atom stereocenters. The molecular formula is C29H31N3O5. The summed E-state index contributed by atoms with van der Waals surface area (Å²) in [6.07, 6.45) is 2.81. The Hall–Kier alpha value is -4.43. The van der Waals surface area contributed by atoms with Crippen molar-refractivity contribution in [3.8, 4) is 23.0 Å². The number of carbonyl (C=O) groups excluding carboxylic acids is 2. The van der Waals surface area contributed by atoms with E-state index in [9.17, 15) is 9.59 Å². The number of nitrogens with two attached hydrogens (primary N) is 1. The molecule has 3 aromatic carbocycles. The van der Waals surface area contributed by atoms with Gasteiger partial charge in [0, 0.05) is 49.8 Å². The number of ether oxygens (including phenoxy) is 3. The predicted octanol–water partition coefficient (Wildman–Crippen LogP) is 5.13. The van der Waals surface area contributed by atoms with Crippen molar-refractivity contribution in [2.24, 2.45) is 5.73 Å². The minimum Gasteiger partial charge on any atom is -0.493 e. The van der Waals surface area contributed by atoms with E-state index in [1.165, 1.54) is 10.5 Å². The molecule has 0 radical (unpaired) electrons. The third-order valence-electron chi connectivity index (χ3n) is 5.59. The van der Waals surface area contributed by atoms with E-state index >= 15 is 0 Å². The minimum absolute atomic E-state index is 0.119. The van der Waals surface area contributed by atoms with Crippen LogP contribution in [0, 0.1) is 0 Å². The van der Waals surface area contributed by atoms with Crippen LogP contribution in [0.1, 0.15) is 18.4 Å². The van der Waals surface area contributed by atoms with E-state index in [4.69, 9.17) is 19.9 Å². The summed E-state index contributed by atoms with van der Waals surface area (Å²) in [5, 5.41) is 0.787. The summed E-state index contributed by atoms with van der Waals surface area (Å²) in [4.78, 5) is 28.4. The summed E-state index contributed by atoms with van der Waals surface area (Å²) in [6.45, 7) is 0.640. The third-order valence-corrected chi connectivity index (χ3v) is 5.59. The molecule has 0 aliphatic carbocycles. The highest BCUT2D eigenvalue weighted by Gasteiger charge is 2.13. The largest absolute Gasteiger partial charge is 0.493 e. The molecule has 1 heterocycles. The summed E-state index contributed by atoms with van der Waals surface area (Å²) < 4.78 is 16.7. The molecule has 192 valence electrons. The summed E-state index contributed by atoms with van der Waals surface area (Å²) >= 11 is 0. The van der Waals surface area contributed by atoms with Gasteiger partial charge in [-0.1, -0.05) is 30.3 Å². The number of carbonyl (C=O) groups is 2. The third kappa shape index (κ3) is 7.28. The number of rotatable bonds is 9. The maximum absolute atomic E-state index is 12.0. The van der Waals surface area contributed by atoms with Gasteiger partial charge in [0.05, 0.1) is 19.7 Å². The fourth-order valence-electron chi connectivity index (χ4n) is 3.51. The van der Waals surface area contributed by atoms with Crippen molar-refractivity contribution < 1.29 is 23.8 Å². The molecule has 4 aromatic rings. The number of hydrogen-bond donors (Lipinski definition) is 1. The lowest BCUT2D eigenvalue weighted by molar-refractivity contribution is -0.120. The Morgan fingerprint density at radius 3 is 2.22 bits per heavy atom. The van der Waals surface area contributed by atoms with Gasteiger partial charge in [-0.3, -0.25) is 9.78 Å². The number of pyridine rings is 1. The highest BCUT2D eigenvalue weighted by Crippen LogP contribution is 2.37. The second kappa shape index (κ2) is 13.6. The lowest BCUT2D eigenvalue weighted by Crippen LogP contribution is -2.25. The molecule has 0 bridgehead atoms. The maximum atomic E-state index is 12.0. The molecule has 0 atom stereocenters. The molecule has 2 N–H and O–H groups in total. The Labute approximate surface area is 216 Å². The van der Waals surface area contributed by atoms with Crippen LogP contribution in [0.25, 0.3) is 10.9 Å². The zero-order valence-corrected chi connectivity index (χ0v) is 21.2. The van der Waals surface area contributed by atoms with Crippen LogP contribution in [-0.2, 0) is 16.1 Å². The molecule has 1 amide bonds. The highest BCUT2D eigenvalue weighted by atomic mass is 16.5. The number of benzene rings is 3. The molecule has 0 fully saturated rings. The van der Waals surface area contributed by atoms with E-state index in [-0.39, 0.29) is 18.7 Å². The van der Waals surface area contributed by atoms with Crippen LogP contribution in [0.3, 0.4) is 0 Å². The smallest absolute Gasteiger partial charge is 0.227 e. The van der Waals surface area contributed by atoms with Crippen molar-refractivity contribution in [1.29, 1.82) is 0 Å². The first-order valence-corrected chi connectivity index (χ1v) is 11.7. The Morgan fingerprint density at radius 1 is 0.946 bits per heavy atom. The molecule has 8 heteroatoms. The molecule has 37 heavy (non-hydrogen) atoms. The van der Waals surface area contributed by atoms with Crippen LogP contribution in [0.2, 0.25) is 0 Å². The second-order valence-electron chi connectivity index (χ2n) is 7.98. The van der Waals surface area contributed by atoms with Crippen LogP contribution in [0.15, 0.2) is 79.0 Å². The number of methoxy groups -OCH3 is 2. The Kier molecular flexibility index (Phi) is 9.99. The van der Waals surface area contributed by atoms with Crippen LogP contribution in [0.4, 0.5) is 5.69 Å². The van der Waals surface area contributed by atoms with Crippen molar-refractivity contribution in [3.63, 3.8) is 0 Å². The number of nitrogens with zero attached hydrogens (tertiary/aromatic N) is 2. The van der Waals surface area contributed by atoms with Crippen molar-refractivity contribution >= 4 is 28.8 Å². The molecule has 0 saturated heterocycles. The van der Waals surface area contributed by atoms with Gasteiger partial charge in [0.15, 0.2) is 11.5 Å². The lowest BCUT2D eigenvalue weighted by atomic mass is 10.2. The van der Waals surface area contributed by atoms with Gasteiger partial charge < -0.3 is 29.6 Å². The van der Waals surface area contributed by atoms with Crippen LogP contribution >= 0.6 is 0 Å². The Morgan fingerprint density at radius 2 is 1.62 bits per heavy atom. The van der Waals surface area contributed by atoms with Gasteiger partial charge in [0.25, 0.3) is 0 Å². The number of amides is 1. The van der Waals surface area contributed by atoms with E-state index in [1.54, 1.807) is 63.9 Å². The van der Waals surface area contributed by atoms with E-state index in [0.29, 0.717) is 29.5 Å². The average Bonchev–Trinajstić information content (AvgIpc) is 2.96. The van der Waals surface area contributed by atoms with Crippen molar-refractivity contribution in [2.45, 2.75) is 19.4 Å². The zero-order valence-electron chi connectivity index (χ0n) is 21.2. The molecule has 0 aliphatic heterocycles. The first-order valence-electron chi connectivity index (χ1n) is 11.7. The number of anilines is 1. The molecule has 0 aliphatic rings. The Balaban J connectivity index is 0.000000405. The fraction of sp³-hybridized carbons (Fsp3) is 0.207. The summed E-state index contributed by atoms with van der Waals surface area (Å²) in [5.41, 5.74) is 7.98. The van der Waals surface area contributed by atoms with Gasteiger partial charge in [-0.05, 0) is 42.0 Å². The zero-order chi connectivity index (χ0) is 26.6. The van der Waals surface area contributed by atoms with Crippen molar-refractivity contribution in [1.82, 2.24) is 4.98 Å². The SMILES string of the molecule is COc1cc2nccc(Oc3ccc(N(C)C(=O)CCC=O)cc3)c2cc1OC.NCc1ccccc1. The predicted molar refractivity (Wildman–Crippen MR) is 144 cm³/mol. The van der Waals surface area contributed by atoms with Crippen LogP contribution < -0.4 is 24.8 Å². The van der Waals surface area contributed by atoms with Gasteiger partial charge in [0.2, 0.25) is 5.91 Å². The Bertz CT molecular complexity index is 1310. The van der Waals surface area contributed by atoms with Gasteiger partial charge in [0.1, 0.15) is 17.8 Å². The number of aldehydes is 1. The van der Waals surface area contributed by atoms with Crippen molar-refractivity contribution in [3.05, 3.63) is 84.6 Å². The normalized spacial score (nSPS) is 10.2. The fourth-order valence-corrected chi connectivity index (χ4v) is 3.51. The number of hydrogen-bond acceptors (Lipinski definition) is 7. The lowest BCUT2D eigenvalue weighted by Gasteiger charge is -2.17. The molecule has 1 aromatic heterocycles. The van der Waals surface area contributed by atoms with E-state index in [0.717, 1.165) is 22.9 Å². The molecular weight excluding hydrogens is 470 g/mol. The number of fused-ring (bicyclic) bond motifs is 1. The van der Waals surface area contributed by atoms with E-state index in [1.807, 2.05) is 36.4 Å². The standard InChI is InChI=1S/C22H22N2O5.C7H9N/c1-24(22(26)5-4-12-25)15-6-8-16(9-7-15)29-19-10-11-23-18-14-21(28-3)20(27-2)13-17(18)19;8-6-7-4-2-1-3-5-7/h6-14H,4-5H2,1-3H3;1-5H,6,8H2. The topological polar surface area (TPSA) is 104 Å². The van der Waals surface area contributed by atoms with Gasteiger partial charge in [-0.2, -0.15) is 0 Å². The summed E-state index contributed by atoms with van der Waals surface area (Å²) in [7, 11) is 4.83. The average molecular weight is 502 g/mol. The van der Waals surface area contributed by atoms with E-state index in [2.05, 4.69) is 4.98 Å². The first-order chi connectivity index (χ1) is 18.0. The highest BCUT2D eigenvalue weighted by molar-refractivity contribution is 5.93. The summed E-state index contributed by atoms with van der Waals surface area (Å²) in [6, 6.07) is 22.5.